The number of aliphatic hydroxyl groups is 1. The first-order valence-corrected chi connectivity index (χ1v) is 7.34. The monoisotopic (exact) mass is 297 g/mol. The molecule has 0 saturated heterocycles. The molecule has 6 heteroatoms. The van der Waals surface area contributed by atoms with E-state index in [1.165, 1.54) is 0 Å². The molecule has 1 aromatic heterocycles. The van der Waals surface area contributed by atoms with Crippen molar-refractivity contribution in [2.75, 3.05) is 6.61 Å². The Balaban J connectivity index is 3.26. The molecule has 1 atom stereocenters. The van der Waals surface area contributed by atoms with Gasteiger partial charge in [0.15, 0.2) is 5.69 Å². The molecular weight excluding hydrogens is 270 g/mol. The lowest BCUT2D eigenvalue weighted by molar-refractivity contribution is -0.00741. The maximum atomic E-state index is 12.0. The summed E-state index contributed by atoms with van der Waals surface area (Å²) < 4.78 is 6.65. The normalized spacial score (nSPS) is 15.1. The average Bonchev–Trinajstić information content (AvgIpc) is 2.71. The lowest BCUT2D eigenvalue weighted by Gasteiger charge is -2.30. The molecule has 0 aliphatic rings. The van der Waals surface area contributed by atoms with Crippen LogP contribution in [0.4, 0.5) is 0 Å². The van der Waals surface area contributed by atoms with Crippen LogP contribution in [-0.2, 0) is 16.7 Å². The van der Waals surface area contributed by atoms with Gasteiger partial charge >= 0.3 is 5.97 Å². The Morgan fingerprint density at radius 1 is 1.33 bits per heavy atom. The summed E-state index contributed by atoms with van der Waals surface area (Å²) in [7, 11) is 0. The van der Waals surface area contributed by atoms with E-state index in [2.05, 4.69) is 10.3 Å². The van der Waals surface area contributed by atoms with Gasteiger partial charge in [-0.1, -0.05) is 39.8 Å². The number of rotatable bonds is 5. The SMILES string of the molecule is CCOC(=O)c1nnn(CC(C)(O)C(C)C)c1C(C)(C)C. The molecule has 0 amide bonds. The molecule has 0 bridgehead atoms. The average molecular weight is 297 g/mol. The number of esters is 1. The van der Waals surface area contributed by atoms with Crippen LogP contribution in [0.2, 0.25) is 0 Å². The summed E-state index contributed by atoms with van der Waals surface area (Å²) in [6, 6.07) is 0. The number of nitrogens with zero attached hydrogens (tertiary/aromatic N) is 3. The molecule has 0 radical (unpaired) electrons. The van der Waals surface area contributed by atoms with Crippen molar-refractivity contribution < 1.29 is 14.6 Å². The quantitative estimate of drug-likeness (QED) is 0.843. The van der Waals surface area contributed by atoms with Crippen molar-refractivity contribution in [2.45, 2.75) is 66.0 Å². The molecule has 0 aliphatic carbocycles. The molecule has 1 N–H and O–H groups in total. The summed E-state index contributed by atoms with van der Waals surface area (Å²) in [6.07, 6.45) is 0. The first kappa shape index (κ1) is 17.6. The van der Waals surface area contributed by atoms with Crippen LogP contribution in [0, 0.1) is 5.92 Å². The predicted octanol–water partition coefficient (Wildman–Crippen LogP) is 2.16. The highest BCUT2D eigenvalue weighted by Gasteiger charge is 2.34. The van der Waals surface area contributed by atoms with Gasteiger partial charge in [0.2, 0.25) is 0 Å². The van der Waals surface area contributed by atoms with Crippen molar-refractivity contribution in [3.63, 3.8) is 0 Å². The van der Waals surface area contributed by atoms with E-state index in [1.807, 2.05) is 34.6 Å². The van der Waals surface area contributed by atoms with Gasteiger partial charge in [-0.3, -0.25) is 0 Å². The summed E-state index contributed by atoms with van der Waals surface area (Å²) in [6.45, 7) is 13.9. The molecule has 0 aromatic carbocycles. The highest BCUT2D eigenvalue weighted by Crippen LogP contribution is 2.27. The molecule has 1 unspecified atom stereocenters. The van der Waals surface area contributed by atoms with E-state index >= 15 is 0 Å². The van der Waals surface area contributed by atoms with E-state index < -0.39 is 11.6 Å². The molecule has 1 rings (SSSR count). The summed E-state index contributed by atoms with van der Waals surface area (Å²) >= 11 is 0. The van der Waals surface area contributed by atoms with Gasteiger partial charge in [-0.2, -0.15) is 0 Å². The van der Waals surface area contributed by atoms with Crippen LogP contribution in [0.3, 0.4) is 0 Å². The van der Waals surface area contributed by atoms with E-state index in [1.54, 1.807) is 18.5 Å². The highest BCUT2D eigenvalue weighted by molar-refractivity contribution is 5.88. The molecule has 1 heterocycles. The Morgan fingerprint density at radius 3 is 2.33 bits per heavy atom. The minimum absolute atomic E-state index is 0.0561. The van der Waals surface area contributed by atoms with Crippen LogP contribution in [0.25, 0.3) is 0 Å². The van der Waals surface area contributed by atoms with E-state index in [4.69, 9.17) is 4.74 Å². The third kappa shape index (κ3) is 4.03. The molecule has 0 aliphatic heterocycles. The Labute approximate surface area is 126 Å². The minimum atomic E-state index is -0.931. The van der Waals surface area contributed by atoms with Gasteiger partial charge in [-0.15, -0.1) is 5.10 Å². The van der Waals surface area contributed by atoms with Crippen molar-refractivity contribution in [3.8, 4) is 0 Å². The lowest BCUT2D eigenvalue weighted by atomic mass is 9.88. The van der Waals surface area contributed by atoms with Crippen LogP contribution in [0.5, 0.6) is 0 Å². The molecule has 0 fully saturated rings. The maximum Gasteiger partial charge on any atom is 0.360 e. The first-order valence-electron chi connectivity index (χ1n) is 7.34. The standard InChI is InChI=1S/C15H27N3O3/c1-8-21-13(19)11-12(14(4,5)6)18(17-16-11)9-15(7,20)10(2)3/h10,20H,8-9H2,1-7H3. The summed E-state index contributed by atoms with van der Waals surface area (Å²) in [4.78, 5) is 12.0. The van der Waals surface area contributed by atoms with E-state index in [0.717, 1.165) is 0 Å². The van der Waals surface area contributed by atoms with Crippen molar-refractivity contribution in [1.29, 1.82) is 0 Å². The second-order valence-corrected chi connectivity index (χ2v) is 6.93. The number of hydrogen-bond donors (Lipinski definition) is 1. The fourth-order valence-electron chi connectivity index (χ4n) is 1.99. The molecule has 120 valence electrons. The molecule has 21 heavy (non-hydrogen) atoms. The smallest absolute Gasteiger partial charge is 0.360 e. The summed E-state index contributed by atoms with van der Waals surface area (Å²) in [5.41, 5.74) is -0.357. The van der Waals surface area contributed by atoms with Crippen molar-refractivity contribution in [2.24, 2.45) is 5.92 Å². The molecule has 0 saturated carbocycles. The maximum absolute atomic E-state index is 12.0. The zero-order valence-corrected chi connectivity index (χ0v) is 14.1. The van der Waals surface area contributed by atoms with Gasteiger partial charge in [0.05, 0.1) is 24.4 Å². The highest BCUT2D eigenvalue weighted by atomic mass is 16.5. The lowest BCUT2D eigenvalue weighted by Crippen LogP contribution is -2.38. The second kappa shape index (κ2) is 6.13. The fraction of sp³-hybridized carbons (Fsp3) is 0.800. The third-order valence-electron chi connectivity index (χ3n) is 3.63. The van der Waals surface area contributed by atoms with Crippen molar-refractivity contribution in [3.05, 3.63) is 11.4 Å². The van der Waals surface area contributed by atoms with Gasteiger partial charge < -0.3 is 9.84 Å². The van der Waals surface area contributed by atoms with Crippen LogP contribution < -0.4 is 0 Å². The zero-order valence-electron chi connectivity index (χ0n) is 14.1. The van der Waals surface area contributed by atoms with Crippen LogP contribution in [0.1, 0.15) is 64.6 Å². The van der Waals surface area contributed by atoms with Gasteiger partial charge in [-0.25, -0.2) is 9.48 Å². The number of aromatic nitrogens is 3. The summed E-state index contributed by atoms with van der Waals surface area (Å²) in [5.74, 6) is -0.418. The topological polar surface area (TPSA) is 77.2 Å². The number of ether oxygens (including phenoxy) is 1. The zero-order chi connectivity index (χ0) is 16.4. The largest absolute Gasteiger partial charge is 0.461 e. The molecule has 0 spiro atoms. The number of carbonyl (C=O) groups is 1. The Morgan fingerprint density at radius 2 is 1.90 bits per heavy atom. The van der Waals surface area contributed by atoms with Crippen LogP contribution in [-0.4, -0.2) is 38.3 Å². The van der Waals surface area contributed by atoms with Gasteiger partial charge in [0.1, 0.15) is 0 Å². The van der Waals surface area contributed by atoms with Crippen LogP contribution >= 0.6 is 0 Å². The summed E-state index contributed by atoms with van der Waals surface area (Å²) in [5, 5.41) is 18.5. The molecule has 1 aromatic rings. The van der Waals surface area contributed by atoms with E-state index in [-0.39, 0.29) is 23.6 Å². The van der Waals surface area contributed by atoms with Crippen LogP contribution in [0.15, 0.2) is 0 Å². The predicted molar refractivity (Wildman–Crippen MR) is 80.1 cm³/mol. The van der Waals surface area contributed by atoms with E-state index in [0.29, 0.717) is 12.3 Å². The minimum Gasteiger partial charge on any atom is -0.461 e. The number of carbonyl (C=O) groups excluding carboxylic acids is 1. The number of hydrogen-bond acceptors (Lipinski definition) is 5. The first-order chi connectivity index (χ1) is 9.50. The van der Waals surface area contributed by atoms with Gasteiger partial charge in [0.25, 0.3) is 0 Å². The fourth-order valence-corrected chi connectivity index (χ4v) is 1.99. The van der Waals surface area contributed by atoms with Crippen molar-refractivity contribution >= 4 is 5.97 Å². The van der Waals surface area contributed by atoms with Gasteiger partial charge in [-0.05, 0) is 19.8 Å². The van der Waals surface area contributed by atoms with Gasteiger partial charge in [0, 0.05) is 5.41 Å². The van der Waals surface area contributed by atoms with Crippen molar-refractivity contribution in [1.82, 2.24) is 15.0 Å². The Bertz CT molecular complexity index is 499. The second-order valence-electron chi connectivity index (χ2n) is 6.93. The molecular formula is C15H27N3O3. The Kier molecular flexibility index (Phi) is 5.15. The third-order valence-corrected chi connectivity index (χ3v) is 3.63. The Hall–Kier alpha value is -1.43. The molecule has 6 nitrogen and oxygen atoms in total. The van der Waals surface area contributed by atoms with E-state index in [9.17, 15) is 9.90 Å².